The van der Waals surface area contributed by atoms with Crippen LogP contribution < -0.4 is 10.6 Å². The van der Waals surface area contributed by atoms with Gasteiger partial charge in [0.2, 0.25) is 0 Å². The van der Waals surface area contributed by atoms with Crippen LogP contribution in [0.4, 0.5) is 24.7 Å². The zero-order valence-electron chi connectivity index (χ0n) is 10.9. The first-order valence-electron chi connectivity index (χ1n) is 5.76. The number of nitrogen functional groups attached to an aromatic ring is 1. The van der Waals surface area contributed by atoms with Gasteiger partial charge in [0.1, 0.15) is 11.5 Å². The Kier molecular flexibility index (Phi) is 3.52. The second kappa shape index (κ2) is 4.99. The lowest BCUT2D eigenvalue weighted by molar-refractivity contribution is -0.137. The number of anilines is 2. The van der Waals surface area contributed by atoms with Crippen LogP contribution in [0.25, 0.3) is 11.3 Å². The van der Waals surface area contributed by atoms with Crippen molar-refractivity contribution in [2.75, 3.05) is 24.7 Å². The highest BCUT2D eigenvalue weighted by molar-refractivity contribution is 5.75. The van der Waals surface area contributed by atoms with Crippen LogP contribution in [0.5, 0.6) is 0 Å². The SMILES string of the molecule is CN(C)c1ccc(-c2nccnc2N)c(C(F)(F)F)c1. The highest BCUT2D eigenvalue weighted by atomic mass is 19.4. The van der Waals surface area contributed by atoms with Crippen molar-refractivity contribution in [1.82, 2.24) is 9.97 Å². The van der Waals surface area contributed by atoms with Gasteiger partial charge in [0.25, 0.3) is 0 Å². The third kappa shape index (κ3) is 2.66. The normalized spacial score (nSPS) is 11.4. The van der Waals surface area contributed by atoms with E-state index in [1.165, 1.54) is 18.5 Å². The molecular weight excluding hydrogens is 269 g/mol. The first-order chi connectivity index (χ1) is 9.30. The lowest BCUT2D eigenvalue weighted by Gasteiger charge is -2.18. The van der Waals surface area contributed by atoms with Crippen molar-refractivity contribution in [3.8, 4) is 11.3 Å². The second-order valence-electron chi connectivity index (χ2n) is 4.41. The van der Waals surface area contributed by atoms with Crippen LogP contribution >= 0.6 is 0 Å². The molecule has 1 aromatic carbocycles. The molecular formula is C13H13F3N4. The van der Waals surface area contributed by atoms with E-state index in [2.05, 4.69) is 9.97 Å². The first kappa shape index (κ1) is 14.1. The van der Waals surface area contributed by atoms with Crippen LogP contribution in [-0.2, 0) is 6.18 Å². The van der Waals surface area contributed by atoms with Gasteiger partial charge >= 0.3 is 6.18 Å². The molecule has 106 valence electrons. The summed E-state index contributed by atoms with van der Waals surface area (Å²) in [6, 6.07) is 4.01. The monoisotopic (exact) mass is 282 g/mol. The molecule has 0 saturated carbocycles. The summed E-state index contributed by atoms with van der Waals surface area (Å²) >= 11 is 0. The predicted molar refractivity (Wildman–Crippen MR) is 71.2 cm³/mol. The lowest BCUT2D eigenvalue weighted by Crippen LogP contribution is -2.13. The smallest absolute Gasteiger partial charge is 0.382 e. The molecule has 0 bridgehead atoms. The van der Waals surface area contributed by atoms with Crippen molar-refractivity contribution in [2.24, 2.45) is 0 Å². The number of hydrogen-bond acceptors (Lipinski definition) is 4. The Morgan fingerprint density at radius 1 is 1.10 bits per heavy atom. The van der Waals surface area contributed by atoms with E-state index in [1.54, 1.807) is 25.1 Å². The number of nitrogens with two attached hydrogens (primary N) is 1. The number of nitrogens with zero attached hydrogens (tertiary/aromatic N) is 3. The van der Waals surface area contributed by atoms with Gasteiger partial charge < -0.3 is 10.6 Å². The fourth-order valence-electron chi connectivity index (χ4n) is 1.81. The molecule has 0 amide bonds. The molecule has 1 aromatic heterocycles. The van der Waals surface area contributed by atoms with Crippen molar-refractivity contribution in [1.29, 1.82) is 0 Å². The molecule has 0 atom stereocenters. The number of halogens is 3. The summed E-state index contributed by atoms with van der Waals surface area (Å²) in [6.07, 6.45) is -1.85. The maximum atomic E-state index is 13.2. The van der Waals surface area contributed by atoms with Gasteiger partial charge in [-0.15, -0.1) is 0 Å². The van der Waals surface area contributed by atoms with E-state index in [1.807, 2.05) is 0 Å². The van der Waals surface area contributed by atoms with Crippen molar-refractivity contribution in [3.63, 3.8) is 0 Å². The van der Waals surface area contributed by atoms with Crippen molar-refractivity contribution < 1.29 is 13.2 Å². The minimum Gasteiger partial charge on any atom is -0.382 e. The molecule has 0 aliphatic rings. The largest absolute Gasteiger partial charge is 0.417 e. The third-order valence-corrected chi connectivity index (χ3v) is 2.81. The summed E-state index contributed by atoms with van der Waals surface area (Å²) < 4.78 is 39.6. The van der Waals surface area contributed by atoms with Crippen LogP contribution in [0, 0.1) is 0 Å². The van der Waals surface area contributed by atoms with Gasteiger partial charge in [-0.05, 0) is 12.1 Å². The average molecular weight is 282 g/mol. The summed E-state index contributed by atoms with van der Waals surface area (Å²) in [5.74, 6) is -0.0318. The fraction of sp³-hybridized carbons (Fsp3) is 0.231. The van der Waals surface area contributed by atoms with E-state index in [0.717, 1.165) is 6.07 Å². The van der Waals surface area contributed by atoms with Crippen LogP contribution in [0.15, 0.2) is 30.6 Å². The maximum absolute atomic E-state index is 13.2. The van der Waals surface area contributed by atoms with Crippen molar-refractivity contribution in [2.45, 2.75) is 6.18 Å². The summed E-state index contributed by atoms with van der Waals surface area (Å²) in [4.78, 5) is 9.27. The number of alkyl halides is 3. The molecule has 0 aliphatic heterocycles. The minimum absolute atomic E-state index is 0.0318. The van der Waals surface area contributed by atoms with Gasteiger partial charge in [-0.25, -0.2) is 4.98 Å². The molecule has 20 heavy (non-hydrogen) atoms. The molecule has 4 nitrogen and oxygen atoms in total. The highest BCUT2D eigenvalue weighted by Gasteiger charge is 2.35. The van der Waals surface area contributed by atoms with E-state index >= 15 is 0 Å². The van der Waals surface area contributed by atoms with Crippen LogP contribution in [-0.4, -0.2) is 24.1 Å². The summed E-state index contributed by atoms with van der Waals surface area (Å²) in [7, 11) is 3.34. The third-order valence-electron chi connectivity index (χ3n) is 2.81. The summed E-state index contributed by atoms with van der Waals surface area (Å²) in [5, 5.41) is 0. The Balaban J connectivity index is 2.68. The van der Waals surface area contributed by atoms with E-state index in [4.69, 9.17) is 5.73 Å². The number of hydrogen-bond donors (Lipinski definition) is 1. The Morgan fingerprint density at radius 2 is 1.75 bits per heavy atom. The zero-order valence-corrected chi connectivity index (χ0v) is 10.9. The predicted octanol–water partition coefficient (Wildman–Crippen LogP) is 2.81. The molecule has 0 aliphatic carbocycles. The summed E-state index contributed by atoms with van der Waals surface area (Å²) in [6.45, 7) is 0. The highest BCUT2D eigenvalue weighted by Crippen LogP contribution is 2.39. The van der Waals surface area contributed by atoms with Crippen molar-refractivity contribution in [3.05, 3.63) is 36.2 Å². The quantitative estimate of drug-likeness (QED) is 0.920. The standard InChI is InChI=1S/C13H13F3N4/c1-20(2)8-3-4-9(10(7-8)13(14,15)16)11-12(17)19-6-5-18-11/h3-7H,1-2H3,(H2,17,19). The molecule has 0 unspecified atom stereocenters. The number of rotatable bonds is 2. The van der Waals surface area contributed by atoms with E-state index < -0.39 is 11.7 Å². The summed E-state index contributed by atoms with van der Waals surface area (Å²) in [5.41, 5.74) is 5.23. The van der Waals surface area contributed by atoms with Crippen LogP contribution in [0.2, 0.25) is 0 Å². The van der Waals surface area contributed by atoms with Gasteiger partial charge in [-0.1, -0.05) is 6.07 Å². The molecule has 0 spiro atoms. The first-order valence-corrected chi connectivity index (χ1v) is 5.76. The van der Waals surface area contributed by atoms with E-state index in [0.29, 0.717) is 5.69 Å². The molecule has 2 N–H and O–H groups in total. The molecule has 2 rings (SSSR count). The van der Waals surface area contributed by atoms with Gasteiger partial charge in [0, 0.05) is 37.7 Å². The molecule has 0 radical (unpaired) electrons. The number of benzene rings is 1. The van der Waals surface area contributed by atoms with E-state index in [9.17, 15) is 13.2 Å². The zero-order chi connectivity index (χ0) is 14.9. The minimum atomic E-state index is -4.49. The molecule has 0 fully saturated rings. The Morgan fingerprint density at radius 3 is 2.30 bits per heavy atom. The topological polar surface area (TPSA) is 55.0 Å². The fourth-order valence-corrected chi connectivity index (χ4v) is 1.81. The molecule has 2 aromatic rings. The van der Waals surface area contributed by atoms with Crippen LogP contribution in [0.1, 0.15) is 5.56 Å². The molecule has 0 saturated heterocycles. The maximum Gasteiger partial charge on any atom is 0.417 e. The van der Waals surface area contributed by atoms with Crippen LogP contribution in [0.3, 0.4) is 0 Å². The number of aromatic nitrogens is 2. The van der Waals surface area contributed by atoms with Gasteiger partial charge in [-0.3, -0.25) is 4.98 Å². The van der Waals surface area contributed by atoms with Gasteiger partial charge in [0.05, 0.1) is 5.56 Å². The lowest BCUT2D eigenvalue weighted by atomic mass is 10.0. The second-order valence-corrected chi connectivity index (χ2v) is 4.41. The van der Waals surface area contributed by atoms with Gasteiger partial charge in [-0.2, -0.15) is 13.2 Å². The van der Waals surface area contributed by atoms with Gasteiger partial charge in [0.15, 0.2) is 0 Å². The van der Waals surface area contributed by atoms with Crippen molar-refractivity contribution >= 4 is 11.5 Å². The van der Waals surface area contributed by atoms with E-state index in [-0.39, 0.29) is 17.1 Å². The average Bonchev–Trinajstić information content (AvgIpc) is 2.37. The Labute approximate surface area is 114 Å². The molecule has 1 heterocycles. The Bertz CT molecular complexity index is 623. The molecule has 7 heteroatoms. The Hall–Kier alpha value is -2.31.